The second kappa shape index (κ2) is 12.6. The number of fused-ring (bicyclic) bond motifs is 6. The van der Waals surface area contributed by atoms with Crippen molar-refractivity contribution in [1.82, 2.24) is 0 Å². The molecule has 6 rings (SSSR count). The van der Waals surface area contributed by atoms with Crippen LogP contribution >= 0.6 is 0 Å². The molecule has 2 atom stereocenters. The zero-order valence-corrected chi connectivity index (χ0v) is 35.2. The molecule has 0 heterocycles. The van der Waals surface area contributed by atoms with E-state index in [0.717, 1.165) is 0 Å². The Balaban J connectivity index is 0.00000250. The van der Waals surface area contributed by atoms with Crippen molar-refractivity contribution in [2.75, 3.05) is 0 Å². The number of rotatable bonds is 2. The summed E-state index contributed by atoms with van der Waals surface area (Å²) in [5.74, 6) is 0. The van der Waals surface area contributed by atoms with Gasteiger partial charge >= 0.3 is 288 Å². The van der Waals surface area contributed by atoms with Crippen LogP contribution in [0, 0.1) is 13.8 Å². The molecule has 4 aromatic carbocycles. The maximum Gasteiger partial charge on any atom is -1.00 e. The Morgan fingerprint density at radius 2 is 0.702 bits per heavy atom. The van der Waals surface area contributed by atoms with Crippen molar-refractivity contribution in [3.05, 3.63) is 116 Å². The number of hydrogen-bond acceptors (Lipinski definition) is 0. The maximum absolute atomic E-state index is 2.61. The third kappa shape index (κ3) is 6.77. The van der Waals surface area contributed by atoms with Crippen molar-refractivity contribution < 1.29 is 48.0 Å². The molecule has 0 nitrogen and oxygen atoms in total. The van der Waals surface area contributed by atoms with Gasteiger partial charge in [-0.15, -0.1) is 0 Å². The standard InChI is InChI=1S/2C22H27.2ClH.Zr/c2*1-14-10-18(22(5,6)7)13-16-11-15-12-17(21(2,3)4)8-9-19(15)20(14)16;;;/h2*8-13H,1-7H3;2*1H;/q;;;;+2/p-2. The van der Waals surface area contributed by atoms with Gasteiger partial charge in [-0.05, 0) is 0 Å². The second-order valence-electron chi connectivity index (χ2n) is 18.2. The fourth-order valence-electron chi connectivity index (χ4n) is 7.54. The van der Waals surface area contributed by atoms with E-state index in [1.807, 2.05) is 0 Å². The quantitative estimate of drug-likeness (QED) is 0.222. The van der Waals surface area contributed by atoms with Crippen LogP contribution in [0.3, 0.4) is 0 Å². The Labute approximate surface area is 310 Å². The Kier molecular flexibility index (Phi) is 10.2. The molecule has 248 valence electrons. The summed E-state index contributed by atoms with van der Waals surface area (Å²) in [6.07, 6.45) is 0. The van der Waals surface area contributed by atoms with Crippen LogP contribution in [0.25, 0.3) is 22.3 Å². The zero-order chi connectivity index (χ0) is 33.0. The summed E-state index contributed by atoms with van der Waals surface area (Å²) in [6, 6.07) is 25.1. The summed E-state index contributed by atoms with van der Waals surface area (Å²) in [4.78, 5) is 0. The van der Waals surface area contributed by atoms with E-state index in [4.69, 9.17) is 0 Å². The monoisotopic (exact) mass is 742 g/mol. The largest absolute Gasteiger partial charge is 1.00 e. The molecule has 3 heteroatoms. The predicted octanol–water partition coefficient (Wildman–Crippen LogP) is 6.42. The summed E-state index contributed by atoms with van der Waals surface area (Å²) in [5, 5.41) is 0. The summed E-state index contributed by atoms with van der Waals surface area (Å²) in [7, 11) is 0. The maximum atomic E-state index is 2.61. The van der Waals surface area contributed by atoms with Crippen LogP contribution in [0.15, 0.2) is 60.7 Å². The molecule has 2 aliphatic rings. The van der Waals surface area contributed by atoms with Gasteiger partial charge in [-0.25, -0.2) is 0 Å². The number of benzene rings is 4. The number of aryl methyl sites for hydroxylation is 2. The van der Waals surface area contributed by atoms with Gasteiger partial charge < -0.3 is 24.8 Å². The van der Waals surface area contributed by atoms with Crippen molar-refractivity contribution in [1.29, 1.82) is 0 Å². The van der Waals surface area contributed by atoms with Crippen LogP contribution in [-0.2, 0) is 44.9 Å². The summed E-state index contributed by atoms with van der Waals surface area (Å²) in [6.45, 7) is 33.1. The van der Waals surface area contributed by atoms with Gasteiger partial charge in [0.2, 0.25) is 0 Å². The first kappa shape index (κ1) is 38.1. The number of halogens is 2. The van der Waals surface area contributed by atoms with E-state index >= 15 is 0 Å². The zero-order valence-electron chi connectivity index (χ0n) is 31.2. The van der Waals surface area contributed by atoms with E-state index in [1.165, 1.54) is 55.6 Å². The first-order chi connectivity index (χ1) is 20.7. The molecule has 47 heavy (non-hydrogen) atoms. The van der Waals surface area contributed by atoms with Gasteiger partial charge in [0.15, 0.2) is 0 Å². The van der Waals surface area contributed by atoms with Crippen LogP contribution in [0.4, 0.5) is 0 Å². The average molecular weight is 745 g/mol. The molecular weight excluding hydrogens is 691 g/mol. The summed E-state index contributed by atoms with van der Waals surface area (Å²) < 4.78 is 1.03. The van der Waals surface area contributed by atoms with Gasteiger partial charge in [0.05, 0.1) is 0 Å². The number of hydrogen-bond donors (Lipinski definition) is 0. The van der Waals surface area contributed by atoms with Gasteiger partial charge in [0.1, 0.15) is 0 Å². The molecular formula is C44H54Cl2Zr. The minimum Gasteiger partial charge on any atom is -1.00 e. The normalized spacial score (nSPS) is 16.7. The van der Waals surface area contributed by atoms with Crippen LogP contribution in [-0.4, -0.2) is 0 Å². The van der Waals surface area contributed by atoms with E-state index in [-0.39, 0.29) is 46.5 Å². The molecule has 0 saturated heterocycles. The van der Waals surface area contributed by atoms with Crippen molar-refractivity contribution in [3.63, 3.8) is 0 Å². The molecule has 0 aliphatic heterocycles. The van der Waals surface area contributed by atoms with Crippen LogP contribution in [0.2, 0.25) is 0 Å². The van der Waals surface area contributed by atoms with E-state index in [1.54, 1.807) is 22.3 Å². The topological polar surface area (TPSA) is 0 Å². The van der Waals surface area contributed by atoms with Gasteiger partial charge in [-0.2, -0.15) is 0 Å². The van der Waals surface area contributed by atoms with Gasteiger partial charge in [0.25, 0.3) is 0 Å². The molecule has 0 radical (unpaired) electrons. The molecule has 0 aromatic heterocycles. The van der Waals surface area contributed by atoms with Crippen LogP contribution in [0.1, 0.15) is 146 Å². The predicted molar refractivity (Wildman–Crippen MR) is 192 cm³/mol. The Morgan fingerprint density at radius 1 is 0.404 bits per heavy atom. The summed E-state index contributed by atoms with van der Waals surface area (Å²) >= 11 is -1.15. The van der Waals surface area contributed by atoms with E-state index in [0.29, 0.717) is 7.25 Å². The van der Waals surface area contributed by atoms with Gasteiger partial charge in [-0.1, -0.05) is 0 Å². The fourth-order valence-corrected chi connectivity index (χ4v) is 12.4. The van der Waals surface area contributed by atoms with E-state index in [2.05, 4.69) is 158 Å². The minimum atomic E-state index is -1.15. The molecule has 4 aromatic rings. The molecule has 0 saturated carbocycles. The Bertz CT molecular complexity index is 1700. The van der Waals surface area contributed by atoms with Gasteiger partial charge in [-0.3, -0.25) is 0 Å². The summed E-state index contributed by atoms with van der Waals surface area (Å²) in [5.41, 5.74) is 21.7. The van der Waals surface area contributed by atoms with E-state index in [9.17, 15) is 0 Å². The SMILES string of the molecule is Cc1cc(C(C)(C)C)cc2c1-c1ccc(C(C)(C)C)cc1[CH]2[Zr+2][CH]1c2cc(C(C)(C)C)ccc2-c2c(C)cc(C(C)(C)C)cc21.[Cl-].[Cl-]. The minimum absolute atomic E-state index is 0. The molecule has 2 aliphatic carbocycles. The second-order valence-corrected chi connectivity index (χ2v) is 21.8. The molecule has 0 bridgehead atoms. The first-order valence-electron chi connectivity index (χ1n) is 17.0. The van der Waals surface area contributed by atoms with Crippen molar-refractivity contribution >= 4 is 0 Å². The molecule has 0 amide bonds. The van der Waals surface area contributed by atoms with Crippen molar-refractivity contribution in [3.8, 4) is 22.3 Å². The Hall–Kier alpha value is -1.66. The first-order valence-corrected chi connectivity index (χ1v) is 19.9. The van der Waals surface area contributed by atoms with E-state index < -0.39 is 23.2 Å². The smallest absolute Gasteiger partial charge is 1.00 e. The van der Waals surface area contributed by atoms with Crippen LogP contribution < -0.4 is 24.8 Å². The van der Waals surface area contributed by atoms with Crippen LogP contribution in [0.5, 0.6) is 0 Å². The van der Waals surface area contributed by atoms with Gasteiger partial charge in [0, 0.05) is 0 Å². The molecule has 0 N–H and O–H groups in total. The Morgan fingerprint density at radius 3 is 1.00 bits per heavy atom. The van der Waals surface area contributed by atoms with Crippen molar-refractivity contribution in [2.24, 2.45) is 0 Å². The molecule has 0 spiro atoms. The molecule has 0 fully saturated rings. The molecule has 2 unspecified atom stereocenters. The third-order valence-corrected chi connectivity index (χ3v) is 15.1. The van der Waals surface area contributed by atoms with Crippen molar-refractivity contribution in [2.45, 2.75) is 126 Å². The average Bonchev–Trinajstić information content (AvgIpc) is 3.39. The third-order valence-electron chi connectivity index (χ3n) is 10.4. The fraction of sp³-hybridized carbons (Fsp3) is 0.455.